The Kier molecular flexibility index (Phi) is 4.96. The topological polar surface area (TPSA) is 111 Å². The van der Waals surface area contributed by atoms with Gasteiger partial charge < -0.3 is 0 Å². The van der Waals surface area contributed by atoms with Gasteiger partial charge in [0.2, 0.25) is 0 Å². The summed E-state index contributed by atoms with van der Waals surface area (Å²) in [5, 5.41) is 25.1. The van der Waals surface area contributed by atoms with Crippen molar-refractivity contribution in [1.29, 1.82) is 0 Å². The zero-order valence-corrected chi connectivity index (χ0v) is 12.2. The Morgan fingerprint density at radius 3 is 2.16 bits per heavy atom. The number of non-ortho nitro benzene ring substituents is 1. The number of nitro groups is 2. The van der Waals surface area contributed by atoms with Gasteiger partial charge in [0, 0.05) is 18.2 Å². The van der Waals surface area contributed by atoms with E-state index in [1.807, 2.05) is 0 Å². The minimum atomic E-state index is -4.70. The second-order valence-corrected chi connectivity index (χ2v) is 4.71. The lowest BCUT2D eigenvalue weighted by Gasteiger charge is -2.08. The van der Waals surface area contributed by atoms with E-state index in [9.17, 15) is 33.4 Å². The van der Waals surface area contributed by atoms with Crippen molar-refractivity contribution in [2.75, 3.05) is 5.43 Å². The van der Waals surface area contributed by atoms with E-state index in [0.29, 0.717) is 17.7 Å². The summed E-state index contributed by atoms with van der Waals surface area (Å²) in [7, 11) is 0. The molecule has 2 rings (SSSR count). The molecule has 0 saturated heterocycles. The van der Waals surface area contributed by atoms with Gasteiger partial charge in [0.25, 0.3) is 11.4 Å². The predicted molar refractivity (Wildman–Crippen MR) is 82.4 cm³/mol. The number of nitrogens with one attached hydrogen (secondary N) is 1. The molecule has 2 aromatic rings. The molecule has 0 radical (unpaired) electrons. The summed E-state index contributed by atoms with van der Waals surface area (Å²) >= 11 is 0. The Bertz CT molecular complexity index is 835. The van der Waals surface area contributed by atoms with E-state index < -0.39 is 27.3 Å². The van der Waals surface area contributed by atoms with Gasteiger partial charge in [-0.1, -0.05) is 0 Å². The molecule has 2 aromatic carbocycles. The SMILES string of the molecule is O=[N+]([O-])c1ccc(/C=N/Nc2ccc(C(F)(F)F)cc2[N+](=O)[O-])cc1. The molecule has 0 aliphatic carbocycles. The number of nitro benzene ring substituents is 2. The Morgan fingerprint density at radius 2 is 1.64 bits per heavy atom. The lowest BCUT2D eigenvalue weighted by atomic mass is 10.1. The number of hydrazone groups is 1. The van der Waals surface area contributed by atoms with Gasteiger partial charge in [0.15, 0.2) is 0 Å². The minimum absolute atomic E-state index is 0.122. The van der Waals surface area contributed by atoms with Crippen LogP contribution in [0.4, 0.5) is 30.2 Å². The molecule has 0 spiro atoms. The van der Waals surface area contributed by atoms with Gasteiger partial charge in [-0.3, -0.25) is 25.7 Å². The molecule has 130 valence electrons. The molecular weight excluding hydrogens is 345 g/mol. The number of halogens is 3. The maximum atomic E-state index is 12.6. The van der Waals surface area contributed by atoms with E-state index in [2.05, 4.69) is 10.5 Å². The summed E-state index contributed by atoms with van der Waals surface area (Å²) in [5.74, 6) is 0. The molecule has 11 heteroatoms. The Balaban J connectivity index is 2.19. The summed E-state index contributed by atoms with van der Waals surface area (Å²) in [6.07, 6.45) is -3.49. The van der Waals surface area contributed by atoms with Crippen molar-refractivity contribution in [2.45, 2.75) is 6.18 Å². The summed E-state index contributed by atoms with van der Waals surface area (Å²) in [5.41, 5.74) is 0.459. The molecule has 0 aliphatic heterocycles. The first-order valence-electron chi connectivity index (χ1n) is 6.57. The predicted octanol–water partition coefficient (Wildman–Crippen LogP) is 3.97. The third-order valence-electron chi connectivity index (χ3n) is 3.02. The molecule has 0 saturated carbocycles. The van der Waals surface area contributed by atoms with Crippen LogP contribution in [-0.2, 0) is 6.18 Å². The molecule has 1 N–H and O–H groups in total. The fourth-order valence-electron chi connectivity index (χ4n) is 1.81. The van der Waals surface area contributed by atoms with Crippen LogP contribution in [0, 0.1) is 20.2 Å². The lowest BCUT2D eigenvalue weighted by Crippen LogP contribution is -2.06. The standard InChI is InChI=1S/C14H9F3N4O4/c15-14(16,17)10-3-6-12(13(7-10)21(24)25)19-18-8-9-1-4-11(5-2-9)20(22)23/h1-8,19H/b18-8+. The molecule has 0 aromatic heterocycles. The van der Waals surface area contributed by atoms with Crippen molar-refractivity contribution < 1.29 is 23.0 Å². The summed E-state index contributed by atoms with van der Waals surface area (Å²) in [4.78, 5) is 19.9. The summed E-state index contributed by atoms with van der Waals surface area (Å²) < 4.78 is 37.8. The molecule has 0 aliphatic rings. The Morgan fingerprint density at radius 1 is 1.00 bits per heavy atom. The molecule has 25 heavy (non-hydrogen) atoms. The number of hydrogen-bond donors (Lipinski definition) is 1. The first-order chi connectivity index (χ1) is 11.7. The van der Waals surface area contributed by atoms with Crippen LogP contribution in [0.1, 0.15) is 11.1 Å². The number of benzene rings is 2. The average molecular weight is 354 g/mol. The van der Waals surface area contributed by atoms with Gasteiger partial charge in [-0.25, -0.2) is 0 Å². The van der Waals surface area contributed by atoms with Gasteiger partial charge in [0.1, 0.15) is 5.69 Å². The van der Waals surface area contributed by atoms with Crippen LogP contribution in [0.15, 0.2) is 47.6 Å². The Labute approximate surface area is 137 Å². The van der Waals surface area contributed by atoms with Crippen LogP contribution in [0.2, 0.25) is 0 Å². The van der Waals surface area contributed by atoms with Gasteiger partial charge in [-0.15, -0.1) is 0 Å². The second-order valence-electron chi connectivity index (χ2n) is 4.71. The zero-order valence-electron chi connectivity index (χ0n) is 12.2. The van der Waals surface area contributed by atoms with E-state index in [0.717, 1.165) is 6.07 Å². The average Bonchev–Trinajstić information content (AvgIpc) is 2.54. The number of alkyl halides is 3. The van der Waals surface area contributed by atoms with Gasteiger partial charge in [-0.2, -0.15) is 18.3 Å². The lowest BCUT2D eigenvalue weighted by molar-refractivity contribution is -0.384. The molecule has 0 bridgehead atoms. The largest absolute Gasteiger partial charge is 0.416 e. The molecule has 0 heterocycles. The third-order valence-corrected chi connectivity index (χ3v) is 3.02. The number of hydrogen-bond acceptors (Lipinski definition) is 6. The smallest absolute Gasteiger partial charge is 0.272 e. The minimum Gasteiger partial charge on any atom is -0.272 e. The van der Waals surface area contributed by atoms with E-state index in [-0.39, 0.29) is 11.4 Å². The van der Waals surface area contributed by atoms with Crippen molar-refractivity contribution >= 4 is 23.3 Å². The van der Waals surface area contributed by atoms with Gasteiger partial charge >= 0.3 is 6.18 Å². The quantitative estimate of drug-likeness (QED) is 0.496. The van der Waals surface area contributed by atoms with Gasteiger partial charge in [0.05, 0.1) is 21.6 Å². The molecule has 8 nitrogen and oxygen atoms in total. The monoisotopic (exact) mass is 354 g/mol. The van der Waals surface area contributed by atoms with Crippen molar-refractivity contribution in [2.24, 2.45) is 5.10 Å². The summed E-state index contributed by atoms with van der Waals surface area (Å²) in [6.45, 7) is 0. The van der Waals surface area contributed by atoms with Crippen molar-refractivity contribution in [3.63, 3.8) is 0 Å². The zero-order chi connectivity index (χ0) is 18.6. The van der Waals surface area contributed by atoms with Crippen LogP contribution < -0.4 is 5.43 Å². The highest BCUT2D eigenvalue weighted by atomic mass is 19.4. The fourth-order valence-corrected chi connectivity index (χ4v) is 1.81. The van der Waals surface area contributed by atoms with Crippen LogP contribution in [0.25, 0.3) is 0 Å². The van der Waals surface area contributed by atoms with Gasteiger partial charge in [-0.05, 0) is 29.8 Å². The normalized spacial score (nSPS) is 11.5. The number of anilines is 1. The number of nitrogens with zero attached hydrogens (tertiary/aromatic N) is 3. The van der Waals surface area contributed by atoms with E-state index >= 15 is 0 Å². The first-order valence-corrected chi connectivity index (χ1v) is 6.57. The maximum absolute atomic E-state index is 12.6. The van der Waals surface area contributed by atoms with Crippen molar-refractivity contribution in [1.82, 2.24) is 0 Å². The fraction of sp³-hybridized carbons (Fsp3) is 0.0714. The highest BCUT2D eigenvalue weighted by molar-refractivity contribution is 5.81. The highest BCUT2D eigenvalue weighted by Gasteiger charge is 2.33. The molecule has 0 atom stereocenters. The summed E-state index contributed by atoms with van der Waals surface area (Å²) in [6, 6.07) is 7.26. The Hall–Kier alpha value is -3.50. The molecule has 0 amide bonds. The van der Waals surface area contributed by atoms with E-state index in [1.54, 1.807) is 0 Å². The van der Waals surface area contributed by atoms with Crippen molar-refractivity contribution in [3.8, 4) is 0 Å². The molecular formula is C14H9F3N4O4. The number of rotatable bonds is 5. The van der Waals surface area contributed by atoms with Crippen molar-refractivity contribution in [3.05, 3.63) is 73.8 Å². The third kappa shape index (κ3) is 4.50. The van der Waals surface area contributed by atoms with E-state index in [1.165, 1.54) is 30.5 Å². The molecule has 0 fully saturated rings. The second kappa shape index (κ2) is 6.95. The van der Waals surface area contributed by atoms with Crippen LogP contribution in [-0.4, -0.2) is 16.1 Å². The highest BCUT2D eigenvalue weighted by Crippen LogP contribution is 2.34. The van der Waals surface area contributed by atoms with E-state index in [4.69, 9.17) is 0 Å². The van der Waals surface area contributed by atoms with Crippen LogP contribution >= 0.6 is 0 Å². The van der Waals surface area contributed by atoms with Crippen LogP contribution in [0.5, 0.6) is 0 Å². The molecule has 0 unspecified atom stereocenters. The van der Waals surface area contributed by atoms with Crippen LogP contribution in [0.3, 0.4) is 0 Å². The maximum Gasteiger partial charge on any atom is 0.416 e. The first kappa shape index (κ1) is 17.8.